The number of aromatic nitrogens is 2. The van der Waals surface area contributed by atoms with Crippen LogP contribution in [0.4, 0.5) is 0 Å². The molecule has 3 aromatic rings. The number of benzene rings is 2. The number of thioether (sulfide) groups is 1. The van der Waals surface area contributed by atoms with Crippen LogP contribution in [0, 0.1) is 3.95 Å². The number of rotatable bonds is 5. The minimum absolute atomic E-state index is 0.0239. The molecule has 1 saturated heterocycles. The van der Waals surface area contributed by atoms with Crippen LogP contribution in [0.25, 0.3) is 5.69 Å². The van der Waals surface area contributed by atoms with E-state index in [-0.39, 0.29) is 11.4 Å². The van der Waals surface area contributed by atoms with E-state index in [4.69, 9.17) is 17.0 Å². The molecule has 30 heavy (non-hydrogen) atoms. The summed E-state index contributed by atoms with van der Waals surface area (Å²) in [4.78, 5) is 14.9. The lowest BCUT2D eigenvalue weighted by Crippen LogP contribution is -2.55. The molecule has 0 radical (unpaired) electrons. The molecule has 1 aliphatic heterocycles. The molecule has 5 nitrogen and oxygen atoms in total. The topological polar surface area (TPSA) is 47.4 Å². The maximum absolute atomic E-state index is 13.0. The van der Waals surface area contributed by atoms with E-state index in [9.17, 15) is 4.79 Å². The first-order valence-electron chi connectivity index (χ1n) is 9.71. The monoisotopic (exact) mass is 457 g/mol. The van der Waals surface area contributed by atoms with Gasteiger partial charge in [-0.3, -0.25) is 4.79 Å². The minimum Gasteiger partial charge on any atom is -0.377 e. The Balaban J connectivity index is 1.48. The predicted molar refractivity (Wildman–Crippen MR) is 124 cm³/mol. The normalized spacial score (nSPS) is 15.9. The van der Waals surface area contributed by atoms with Gasteiger partial charge in [0.2, 0.25) is 0 Å². The third kappa shape index (κ3) is 4.67. The van der Waals surface area contributed by atoms with Gasteiger partial charge < -0.3 is 9.64 Å². The van der Waals surface area contributed by atoms with Crippen molar-refractivity contribution in [2.45, 2.75) is 29.5 Å². The van der Waals surface area contributed by atoms with Gasteiger partial charge >= 0.3 is 0 Å². The number of amides is 1. The molecule has 2 aromatic carbocycles. The van der Waals surface area contributed by atoms with Gasteiger partial charge in [-0.25, -0.2) is 4.68 Å². The highest BCUT2D eigenvalue weighted by Gasteiger charge is 2.34. The van der Waals surface area contributed by atoms with Gasteiger partial charge in [0.25, 0.3) is 5.91 Å². The number of carbonyl (C=O) groups excluding carboxylic acids is 1. The zero-order valence-corrected chi connectivity index (χ0v) is 19.4. The maximum Gasteiger partial charge on any atom is 0.254 e. The summed E-state index contributed by atoms with van der Waals surface area (Å²) >= 11 is 8.70. The Bertz CT molecular complexity index is 1080. The summed E-state index contributed by atoms with van der Waals surface area (Å²) in [6.45, 7) is 5.79. The second kappa shape index (κ2) is 9.01. The van der Waals surface area contributed by atoms with Crippen molar-refractivity contribution in [3.8, 4) is 5.69 Å². The fraction of sp³-hybridized carbons (Fsp3) is 0.318. The molecule has 8 heteroatoms. The molecule has 0 aliphatic carbocycles. The van der Waals surface area contributed by atoms with Gasteiger partial charge in [-0.2, -0.15) is 0 Å². The van der Waals surface area contributed by atoms with E-state index in [1.165, 1.54) is 16.9 Å². The van der Waals surface area contributed by atoms with Gasteiger partial charge in [-0.1, -0.05) is 53.4 Å². The summed E-state index contributed by atoms with van der Waals surface area (Å²) in [7, 11) is 0. The van der Waals surface area contributed by atoms with Crippen LogP contribution in [0.3, 0.4) is 0 Å². The Morgan fingerprint density at radius 2 is 1.93 bits per heavy atom. The molecule has 0 N–H and O–H groups in total. The average Bonchev–Trinajstić information content (AvgIpc) is 3.13. The number of hydrogen-bond donors (Lipinski definition) is 0. The smallest absolute Gasteiger partial charge is 0.254 e. The molecule has 1 amide bonds. The summed E-state index contributed by atoms with van der Waals surface area (Å²) in [5, 5.41) is 4.66. The highest BCUT2D eigenvalue weighted by atomic mass is 32.2. The summed E-state index contributed by atoms with van der Waals surface area (Å²) in [6, 6.07) is 17.8. The SMILES string of the molecule is CC1(C)COCCN1C(=O)c1ccc(-n2nc(SCc3ccccc3)sc2=S)cc1. The highest BCUT2D eigenvalue weighted by Crippen LogP contribution is 2.27. The summed E-state index contributed by atoms with van der Waals surface area (Å²) in [5.41, 5.74) is 2.47. The Kier molecular flexibility index (Phi) is 6.38. The van der Waals surface area contributed by atoms with E-state index >= 15 is 0 Å². The molecular formula is C22H23N3O2S3. The molecule has 0 bridgehead atoms. The molecule has 2 heterocycles. The van der Waals surface area contributed by atoms with Crippen LogP contribution in [-0.2, 0) is 10.5 Å². The molecule has 1 aromatic heterocycles. The van der Waals surface area contributed by atoms with E-state index in [1.54, 1.807) is 16.4 Å². The molecule has 1 fully saturated rings. The Hall–Kier alpha value is -2.00. The molecule has 0 unspecified atom stereocenters. The van der Waals surface area contributed by atoms with Crippen LogP contribution >= 0.6 is 35.3 Å². The molecule has 0 spiro atoms. The zero-order chi connectivity index (χ0) is 21.1. The van der Waals surface area contributed by atoms with Gasteiger partial charge in [-0.05, 0) is 55.9 Å². The highest BCUT2D eigenvalue weighted by molar-refractivity contribution is 8.00. The van der Waals surface area contributed by atoms with Crippen molar-refractivity contribution < 1.29 is 9.53 Å². The van der Waals surface area contributed by atoms with Crippen LogP contribution in [0.1, 0.15) is 29.8 Å². The van der Waals surface area contributed by atoms with Gasteiger partial charge in [0.15, 0.2) is 8.29 Å². The lowest BCUT2D eigenvalue weighted by molar-refractivity contribution is -0.0370. The van der Waals surface area contributed by atoms with Crippen LogP contribution < -0.4 is 0 Å². The minimum atomic E-state index is -0.309. The van der Waals surface area contributed by atoms with Crippen molar-refractivity contribution in [2.75, 3.05) is 19.8 Å². The van der Waals surface area contributed by atoms with Crippen LogP contribution in [0.15, 0.2) is 58.9 Å². The van der Waals surface area contributed by atoms with E-state index in [1.807, 2.05) is 61.2 Å². The maximum atomic E-state index is 13.0. The second-order valence-electron chi connectivity index (χ2n) is 7.69. The summed E-state index contributed by atoms with van der Waals surface area (Å²) < 4.78 is 8.91. The van der Waals surface area contributed by atoms with Crippen molar-refractivity contribution in [2.24, 2.45) is 0 Å². The lowest BCUT2D eigenvalue weighted by Gasteiger charge is -2.42. The molecule has 156 valence electrons. The fourth-order valence-corrected chi connectivity index (χ4v) is 5.65. The molecule has 0 saturated carbocycles. The Labute approximate surface area is 189 Å². The van der Waals surface area contributed by atoms with E-state index in [0.29, 0.717) is 29.3 Å². The van der Waals surface area contributed by atoms with Crippen LogP contribution in [-0.4, -0.2) is 45.9 Å². The van der Waals surface area contributed by atoms with Gasteiger partial charge in [0.1, 0.15) is 0 Å². The van der Waals surface area contributed by atoms with Crippen molar-refractivity contribution in [3.63, 3.8) is 0 Å². The predicted octanol–water partition coefficient (Wildman–Crippen LogP) is 5.21. The number of nitrogens with zero attached hydrogens (tertiary/aromatic N) is 3. The van der Waals surface area contributed by atoms with E-state index < -0.39 is 0 Å². The Morgan fingerprint density at radius 3 is 2.63 bits per heavy atom. The standard InChI is InChI=1S/C22H23N3O2S3/c1-22(2)15-27-13-12-24(22)19(26)17-8-10-18(11-9-17)25-21(28)30-20(23-25)29-14-16-6-4-3-5-7-16/h3-11H,12-15H2,1-2H3. The average molecular weight is 458 g/mol. The van der Waals surface area contributed by atoms with Gasteiger partial charge in [-0.15, -0.1) is 5.10 Å². The molecule has 4 rings (SSSR count). The first-order valence-corrected chi connectivity index (χ1v) is 11.9. The van der Waals surface area contributed by atoms with Crippen LogP contribution in [0.2, 0.25) is 0 Å². The zero-order valence-electron chi connectivity index (χ0n) is 16.9. The van der Waals surface area contributed by atoms with E-state index in [2.05, 4.69) is 17.2 Å². The third-order valence-corrected chi connectivity index (χ3v) is 7.42. The third-order valence-electron chi connectivity index (χ3n) is 4.98. The summed E-state index contributed by atoms with van der Waals surface area (Å²) in [5.74, 6) is 0.877. The molecular weight excluding hydrogens is 434 g/mol. The molecule has 0 atom stereocenters. The fourth-order valence-electron chi connectivity index (χ4n) is 3.34. The number of morpholine rings is 1. The van der Waals surface area contributed by atoms with Crippen molar-refractivity contribution in [3.05, 3.63) is 69.7 Å². The number of carbonyl (C=O) groups is 1. The van der Waals surface area contributed by atoms with Crippen molar-refractivity contribution in [1.29, 1.82) is 0 Å². The van der Waals surface area contributed by atoms with Crippen molar-refractivity contribution >= 4 is 41.2 Å². The number of ether oxygens (including phenoxy) is 1. The largest absolute Gasteiger partial charge is 0.377 e. The lowest BCUT2D eigenvalue weighted by atomic mass is 10.0. The quantitative estimate of drug-likeness (QED) is 0.389. The second-order valence-corrected chi connectivity index (χ2v) is 10.5. The first-order chi connectivity index (χ1) is 14.4. The summed E-state index contributed by atoms with van der Waals surface area (Å²) in [6.07, 6.45) is 0. The van der Waals surface area contributed by atoms with Gasteiger partial charge in [0, 0.05) is 17.9 Å². The van der Waals surface area contributed by atoms with Crippen LogP contribution in [0.5, 0.6) is 0 Å². The number of hydrogen-bond acceptors (Lipinski definition) is 6. The van der Waals surface area contributed by atoms with Gasteiger partial charge in [0.05, 0.1) is 24.4 Å². The first kappa shape index (κ1) is 21.2. The Morgan fingerprint density at radius 1 is 1.20 bits per heavy atom. The van der Waals surface area contributed by atoms with Crippen molar-refractivity contribution in [1.82, 2.24) is 14.7 Å². The van der Waals surface area contributed by atoms with E-state index in [0.717, 1.165) is 15.8 Å². The molecule has 1 aliphatic rings.